The lowest BCUT2D eigenvalue weighted by molar-refractivity contribution is -0.112. The molecule has 1 aromatic rings. The Balaban J connectivity index is 2.09. The van der Waals surface area contributed by atoms with Gasteiger partial charge >= 0.3 is 0 Å². The van der Waals surface area contributed by atoms with E-state index in [9.17, 15) is 4.79 Å². The van der Waals surface area contributed by atoms with Crippen LogP contribution in [0.15, 0.2) is 24.5 Å². The van der Waals surface area contributed by atoms with Gasteiger partial charge in [0.05, 0.1) is 0 Å². The molecule has 1 saturated carbocycles. The molecule has 1 aliphatic rings. The van der Waals surface area contributed by atoms with Crippen molar-refractivity contribution in [2.45, 2.75) is 19.3 Å². The first-order valence-electron chi connectivity index (χ1n) is 4.20. The SMILES string of the molecule is O=CC1(Cc2ccncc2)CC1. The normalized spacial score (nSPS) is 18.7. The van der Waals surface area contributed by atoms with Gasteiger partial charge in [-0.25, -0.2) is 0 Å². The van der Waals surface area contributed by atoms with E-state index >= 15 is 0 Å². The Morgan fingerprint density at radius 1 is 1.42 bits per heavy atom. The van der Waals surface area contributed by atoms with Gasteiger partial charge in [0.15, 0.2) is 0 Å². The molecule has 0 N–H and O–H groups in total. The van der Waals surface area contributed by atoms with Crippen molar-refractivity contribution in [3.05, 3.63) is 30.1 Å². The molecule has 62 valence electrons. The Hall–Kier alpha value is -1.18. The summed E-state index contributed by atoms with van der Waals surface area (Å²) in [5.41, 5.74) is 1.20. The number of aromatic nitrogens is 1. The highest BCUT2D eigenvalue weighted by atomic mass is 16.1. The molecule has 1 aliphatic carbocycles. The Labute approximate surface area is 71.6 Å². The molecule has 0 saturated heterocycles. The van der Waals surface area contributed by atoms with Crippen molar-refractivity contribution < 1.29 is 4.79 Å². The maximum atomic E-state index is 10.7. The van der Waals surface area contributed by atoms with Crippen LogP contribution in [0.4, 0.5) is 0 Å². The third kappa shape index (κ3) is 1.37. The first kappa shape index (κ1) is 7.47. The van der Waals surface area contributed by atoms with Crippen LogP contribution in [0.5, 0.6) is 0 Å². The van der Waals surface area contributed by atoms with E-state index in [0.29, 0.717) is 0 Å². The number of carbonyl (C=O) groups is 1. The number of pyridine rings is 1. The third-order valence-corrected chi connectivity index (χ3v) is 2.45. The van der Waals surface area contributed by atoms with Crippen LogP contribution in [0, 0.1) is 5.41 Å². The summed E-state index contributed by atoms with van der Waals surface area (Å²) in [6.07, 6.45) is 7.65. The van der Waals surface area contributed by atoms with E-state index < -0.39 is 0 Å². The van der Waals surface area contributed by atoms with Crippen LogP contribution < -0.4 is 0 Å². The average Bonchev–Trinajstić information content (AvgIpc) is 2.88. The number of aldehydes is 1. The molecule has 0 radical (unpaired) electrons. The van der Waals surface area contributed by atoms with Gasteiger partial charge in [-0.3, -0.25) is 4.98 Å². The zero-order valence-corrected chi connectivity index (χ0v) is 6.86. The first-order valence-corrected chi connectivity index (χ1v) is 4.20. The second-order valence-electron chi connectivity index (χ2n) is 3.51. The van der Waals surface area contributed by atoms with Crippen LogP contribution in [0.1, 0.15) is 18.4 Å². The summed E-state index contributed by atoms with van der Waals surface area (Å²) in [4.78, 5) is 14.6. The number of hydrogen-bond acceptors (Lipinski definition) is 2. The minimum absolute atomic E-state index is 0.0125. The van der Waals surface area contributed by atoms with Gasteiger partial charge in [0, 0.05) is 17.8 Å². The molecule has 1 aromatic heterocycles. The molecule has 0 amide bonds. The first-order chi connectivity index (χ1) is 5.85. The monoisotopic (exact) mass is 161 g/mol. The van der Waals surface area contributed by atoms with Crippen molar-refractivity contribution in [1.29, 1.82) is 0 Å². The predicted molar refractivity (Wildman–Crippen MR) is 45.7 cm³/mol. The van der Waals surface area contributed by atoms with Gasteiger partial charge in [-0.05, 0) is 37.0 Å². The molecule has 0 aliphatic heterocycles. The van der Waals surface area contributed by atoms with Gasteiger partial charge in [-0.1, -0.05) is 0 Å². The molecule has 0 bridgehead atoms. The van der Waals surface area contributed by atoms with Crippen molar-refractivity contribution in [2.75, 3.05) is 0 Å². The minimum Gasteiger partial charge on any atom is -0.303 e. The van der Waals surface area contributed by atoms with E-state index in [4.69, 9.17) is 0 Å². The lowest BCUT2D eigenvalue weighted by atomic mass is 9.99. The van der Waals surface area contributed by atoms with Crippen molar-refractivity contribution >= 4 is 6.29 Å². The van der Waals surface area contributed by atoms with Crippen LogP contribution in [0.3, 0.4) is 0 Å². The largest absolute Gasteiger partial charge is 0.303 e. The molecule has 0 aromatic carbocycles. The van der Waals surface area contributed by atoms with Crippen LogP contribution in [0.25, 0.3) is 0 Å². The molecule has 12 heavy (non-hydrogen) atoms. The van der Waals surface area contributed by atoms with Crippen LogP contribution in [-0.4, -0.2) is 11.3 Å². The predicted octanol–water partition coefficient (Wildman–Crippen LogP) is 1.60. The smallest absolute Gasteiger partial charge is 0.126 e. The van der Waals surface area contributed by atoms with Crippen LogP contribution in [-0.2, 0) is 11.2 Å². The van der Waals surface area contributed by atoms with Crippen LogP contribution in [0.2, 0.25) is 0 Å². The molecule has 2 nitrogen and oxygen atoms in total. The summed E-state index contributed by atoms with van der Waals surface area (Å²) in [5, 5.41) is 0. The van der Waals surface area contributed by atoms with E-state index in [2.05, 4.69) is 4.98 Å². The summed E-state index contributed by atoms with van der Waals surface area (Å²) >= 11 is 0. The molecule has 0 atom stereocenters. The second-order valence-corrected chi connectivity index (χ2v) is 3.51. The number of rotatable bonds is 3. The standard InChI is InChI=1S/C10H11NO/c12-8-10(3-4-10)7-9-1-5-11-6-2-9/h1-2,5-6,8H,3-4,7H2. The summed E-state index contributed by atoms with van der Waals surface area (Å²) in [6, 6.07) is 3.95. The highest BCUT2D eigenvalue weighted by Gasteiger charge is 2.42. The lowest BCUT2D eigenvalue weighted by Gasteiger charge is -2.05. The maximum Gasteiger partial charge on any atom is 0.126 e. The van der Waals surface area contributed by atoms with Gasteiger partial charge in [0.2, 0.25) is 0 Å². The minimum atomic E-state index is -0.0125. The highest BCUT2D eigenvalue weighted by Crippen LogP contribution is 2.46. The Morgan fingerprint density at radius 3 is 2.58 bits per heavy atom. The number of nitrogens with zero attached hydrogens (tertiary/aromatic N) is 1. The highest BCUT2D eigenvalue weighted by molar-refractivity contribution is 5.64. The molecule has 2 rings (SSSR count). The van der Waals surface area contributed by atoms with E-state index in [1.54, 1.807) is 12.4 Å². The summed E-state index contributed by atoms with van der Waals surface area (Å²) in [5.74, 6) is 0. The van der Waals surface area contributed by atoms with Gasteiger partial charge in [-0.2, -0.15) is 0 Å². The van der Waals surface area contributed by atoms with Gasteiger partial charge in [-0.15, -0.1) is 0 Å². The molecule has 0 spiro atoms. The summed E-state index contributed by atoms with van der Waals surface area (Å²) < 4.78 is 0. The molecule has 0 unspecified atom stereocenters. The summed E-state index contributed by atoms with van der Waals surface area (Å²) in [6.45, 7) is 0. The van der Waals surface area contributed by atoms with E-state index in [1.807, 2.05) is 12.1 Å². The fourth-order valence-corrected chi connectivity index (χ4v) is 1.40. The zero-order valence-electron chi connectivity index (χ0n) is 6.86. The zero-order chi connectivity index (χ0) is 8.44. The summed E-state index contributed by atoms with van der Waals surface area (Å²) in [7, 11) is 0. The average molecular weight is 161 g/mol. The number of carbonyl (C=O) groups excluding carboxylic acids is 1. The Morgan fingerprint density at radius 2 is 2.08 bits per heavy atom. The van der Waals surface area contributed by atoms with Gasteiger partial charge < -0.3 is 4.79 Å². The molecular weight excluding hydrogens is 150 g/mol. The Kier molecular flexibility index (Phi) is 1.68. The molecule has 1 fully saturated rings. The van der Waals surface area contributed by atoms with Crippen molar-refractivity contribution in [2.24, 2.45) is 5.41 Å². The van der Waals surface area contributed by atoms with E-state index in [1.165, 1.54) is 5.56 Å². The fraction of sp³-hybridized carbons (Fsp3) is 0.400. The van der Waals surface area contributed by atoms with Crippen molar-refractivity contribution in [1.82, 2.24) is 4.98 Å². The lowest BCUT2D eigenvalue weighted by Crippen LogP contribution is -2.05. The second kappa shape index (κ2) is 2.70. The number of hydrogen-bond donors (Lipinski definition) is 0. The molecule has 2 heteroatoms. The quantitative estimate of drug-likeness (QED) is 0.630. The Bertz CT molecular complexity index is 277. The van der Waals surface area contributed by atoms with Crippen molar-refractivity contribution in [3.63, 3.8) is 0 Å². The molecular formula is C10H11NO. The molecule has 1 heterocycles. The fourth-order valence-electron chi connectivity index (χ4n) is 1.40. The maximum absolute atomic E-state index is 10.7. The van der Waals surface area contributed by atoms with Gasteiger partial charge in [0.1, 0.15) is 6.29 Å². The third-order valence-electron chi connectivity index (χ3n) is 2.45. The van der Waals surface area contributed by atoms with Gasteiger partial charge in [0.25, 0.3) is 0 Å². The van der Waals surface area contributed by atoms with Crippen LogP contribution >= 0.6 is 0 Å². The van der Waals surface area contributed by atoms with Crippen molar-refractivity contribution in [3.8, 4) is 0 Å². The van der Waals surface area contributed by atoms with E-state index in [0.717, 1.165) is 25.5 Å². The van der Waals surface area contributed by atoms with E-state index in [-0.39, 0.29) is 5.41 Å². The topological polar surface area (TPSA) is 30.0 Å².